The van der Waals surface area contributed by atoms with Crippen LogP contribution in [0.2, 0.25) is 0 Å². The molecule has 0 atom stereocenters. The summed E-state index contributed by atoms with van der Waals surface area (Å²) in [6, 6.07) is 0. The van der Waals surface area contributed by atoms with Gasteiger partial charge in [0.2, 0.25) is 0 Å². The zero-order chi connectivity index (χ0) is 2.83. The molecule has 1 saturated carbocycles. The number of rotatable bonds is 0. The van der Waals surface area contributed by atoms with E-state index in [2.05, 4.69) is 0 Å². The van der Waals surface area contributed by atoms with E-state index in [1.807, 2.05) is 0 Å². The van der Waals surface area contributed by atoms with Crippen molar-refractivity contribution in [2.75, 3.05) is 0 Å². The van der Waals surface area contributed by atoms with E-state index in [-0.39, 0.29) is 41.1 Å². The SMILES string of the molecule is C1CCC1.[B].[Y]. The molecule has 0 nitrogen and oxygen atoms in total. The van der Waals surface area contributed by atoms with Crippen molar-refractivity contribution in [1.29, 1.82) is 0 Å². The molecule has 0 bridgehead atoms. The molecule has 1 fully saturated rings. The maximum absolute atomic E-state index is 1.50. The summed E-state index contributed by atoms with van der Waals surface area (Å²) in [6.45, 7) is 0. The van der Waals surface area contributed by atoms with Crippen molar-refractivity contribution < 1.29 is 32.7 Å². The second-order valence-electron chi connectivity index (χ2n) is 1.41. The van der Waals surface area contributed by atoms with Gasteiger partial charge >= 0.3 is 0 Å². The molecule has 0 amide bonds. The molecular weight excluding hydrogens is 148 g/mol. The first-order valence-corrected chi connectivity index (χ1v) is 2.00. The fourth-order valence-electron chi connectivity index (χ4n) is 0.250. The van der Waals surface area contributed by atoms with E-state index in [1.54, 1.807) is 0 Å². The third-order valence-corrected chi connectivity index (χ3v) is 1.000. The van der Waals surface area contributed by atoms with Gasteiger partial charge in [-0.2, -0.15) is 0 Å². The van der Waals surface area contributed by atoms with E-state index in [1.165, 1.54) is 25.7 Å². The van der Waals surface area contributed by atoms with Crippen molar-refractivity contribution >= 4 is 8.41 Å². The molecule has 0 spiro atoms. The molecule has 1 rings (SSSR count). The summed E-state index contributed by atoms with van der Waals surface area (Å²) in [5.41, 5.74) is 0. The zero-order valence-corrected chi connectivity index (χ0v) is 6.82. The first-order valence-electron chi connectivity index (χ1n) is 2.00. The first-order chi connectivity index (χ1) is 2.00. The van der Waals surface area contributed by atoms with Gasteiger partial charge in [-0.25, -0.2) is 0 Å². The molecule has 0 unspecified atom stereocenters. The molecule has 4 radical (unpaired) electrons. The maximum Gasteiger partial charge on any atom is 0 e. The van der Waals surface area contributed by atoms with Crippen LogP contribution in [0.25, 0.3) is 0 Å². The van der Waals surface area contributed by atoms with Crippen molar-refractivity contribution in [2.24, 2.45) is 0 Å². The van der Waals surface area contributed by atoms with Crippen LogP contribution in [0.15, 0.2) is 0 Å². The molecule has 0 saturated heterocycles. The second kappa shape index (κ2) is 6.17. The third kappa shape index (κ3) is 3.36. The molecule has 0 heterocycles. The third-order valence-electron chi connectivity index (χ3n) is 1.000. The molecule has 6 heavy (non-hydrogen) atoms. The Bertz CT molecular complexity index is 15.5. The summed E-state index contributed by atoms with van der Waals surface area (Å²) in [5, 5.41) is 0. The van der Waals surface area contributed by atoms with E-state index in [9.17, 15) is 0 Å². The fourth-order valence-corrected chi connectivity index (χ4v) is 0.250. The Morgan fingerprint density at radius 2 is 0.833 bits per heavy atom. The Kier molecular flexibility index (Phi) is 10.5. The molecular formula is C4H8BY. The van der Waals surface area contributed by atoms with Gasteiger partial charge in [0.1, 0.15) is 0 Å². The molecule has 0 aromatic carbocycles. The van der Waals surface area contributed by atoms with Gasteiger partial charge in [-0.1, -0.05) is 25.7 Å². The summed E-state index contributed by atoms with van der Waals surface area (Å²) in [7, 11) is 0. The van der Waals surface area contributed by atoms with Gasteiger partial charge in [0.25, 0.3) is 0 Å². The average molecular weight is 156 g/mol. The summed E-state index contributed by atoms with van der Waals surface area (Å²) < 4.78 is 0. The smallest absolute Gasteiger partial charge is 0 e. The monoisotopic (exact) mass is 156 g/mol. The van der Waals surface area contributed by atoms with Crippen LogP contribution < -0.4 is 0 Å². The summed E-state index contributed by atoms with van der Waals surface area (Å²) in [5.74, 6) is 0. The van der Waals surface area contributed by atoms with E-state index in [4.69, 9.17) is 0 Å². The second-order valence-corrected chi connectivity index (χ2v) is 1.41. The Morgan fingerprint density at radius 1 is 0.667 bits per heavy atom. The van der Waals surface area contributed by atoms with Crippen LogP contribution in [0.3, 0.4) is 0 Å². The minimum absolute atomic E-state index is 0. The quantitative estimate of drug-likeness (QED) is 0.461. The van der Waals surface area contributed by atoms with E-state index in [0.29, 0.717) is 0 Å². The summed E-state index contributed by atoms with van der Waals surface area (Å²) in [4.78, 5) is 0. The van der Waals surface area contributed by atoms with Crippen molar-refractivity contribution in [2.45, 2.75) is 25.7 Å². The van der Waals surface area contributed by atoms with Crippen LogP contribution in [-0.2, 0) is 32.7 Å². The number of hydrogen-bond donors (Lipinski definition) is 0. The Labute approximate surface area is 66.5 Å². The standard InChI is InChI=1S/C4H8.B.Y/c1-2-4-3-1;;/h1-4H2;;. The predicted octanol–water partition coefficient (Wildman–Crippen LogP) is 1.18. The average Bonchev–Trinajstić information content (AvgIpc) is 0.722. The van der Waals surface area contributed by atoms with Crippen LogP contribution in [0.4, 0.5) is 0 Å². The topological polar surface area (TPSA) is 0 Å². The van der Waals surface area contributed by atoms with E-state index in [0.717, 1.165) is 0 Å². The molecule has 0 aromatic heterocycles. The van der Waals surface area contributed by atoms with Crippen LogP contribution in [-0.4, -0.2) is 8.41 Å². The van der Waals surface area contributed by atoms with Crippen LogP contribution >= 0.6 is 0 Å². The summed E-state index contributed by atoms with van der Waals surface area (Å²) in [6.07, 6.45) is 6.00. The van der Waals surface area contributed by atoms with E-state index < -0.39 is 0 Å². The zero-order valence-electron chi connectivity index (χ0n) is 3.98. The van der Waals surface area contributed by atoms with Gasteiger partial charge in [0.05, 0.1) is 0 Å². The van der Waals surface area contributed by atoms with Gasteiger partial charge in [-0.15, -0.1) is 0 Å². The first kappa shape index (κ1) is 10.2. The largest absolute Gasteiger partial charge is 0.0533 e. The molecule has 0 N–H and O–H groups in total. The molecule has 0 aromatic rings. The molecule has 1 aliphatic rings. The molecule has 30 valence electrons. The Balaban J connectivity index is 0. The van der Waals surface area contributed by atoms with Crippen LogP contribution in [0.1, 0.15) is 25.7 Å². The molecule has 1 aliphatic carbocycles. The van der Waals surface area contributed by atoms with Crippen molar-refractivity contribution in [3.8, 4) is 0 Å². The maximum atomic E-state index is 1.50. The Hall–Kier alpha value is 1.17. The van der Waals surface area contributed by atoms with Gasteiger partial charge < -0.3 is 0 Å². The van der Waals surface area contributed by atoms with Crippen molar-refractivity contribution in [3.63, 3.8) is 0 Å². The predicted molar refractivity (Wildman–Crippen MR) is 24.2 cm³/mol. The molecule has 0 aliphatic heterocycles. The van der Waals surface area contributed by atoms with Gasteiger partial charge in [0, 0.05) is 41.1 Å². The van der Waals surface area contributed by atoms with Crippen LogP contribution in [0, 0.1) is 0 Å². The number of hydrogen-bond acceptors (Lipinski definition) is 0. The van der Waals surface area contributed by atoms with E-state index >= 15 is 0 Å². The summed E-state index contributed by atoms with van der Waals surface area (Å²) >= 11 is 0. The Morgan fingerprint density at radius 3 is 0.833 bits per heavy atom. The van der Waals surface area contributed by atoms with Gasteiger partial charge in [0.15, 0.2) is 0 Å². The van der Waals surface area contributed by atoms with Crippen molar-refractivity contribution in [3.05, 3.63) is 0 Å². The minimum Gasteiger partial charge on any atom is -0.0533 e. The van der Waals surface area contributed by atoms with Gasteiger partial charge in [-0.3, -0.25) is 0 Å². The fraction of sp³-hybridized carbons (Fsp3) is 1.00. The van der Waals surface area contributed by atoms with Crippen LogP contribution in [0.5, 0.6) is 0 Å². The van der Waals surface area contributed by atoms with Gasteiger partial charge in [-0.05, 0) is 0 Å². The van der Waals surface area contributed by atoms with Crippen molar-refractivity contribution in [1.82, 2.24) is 0 Å². The molecule has 2 heteroatoms. The normalized spacial score (nSPS) is 16.0. The minimum atomic E-state index is 0.